The van der Waals surface area contributed by atoms with Crippen LogP contribution >= 0.6 is 0 Å². The summed E-state index contributed by atoms with van der Waals surface area (Å²) < 4.78 is 12.4. The van der Waals surface area contributed by atoms with Crippen LogP contribution in [0.5, 0.6) is 11.5 Å². The van der Waals surface area contributed by atoms with Crippen molar-refractivity contribution < 1.29 is 14.3 Å². The molecule has 7 nitrogen and oxygen atoms in total. The molecule has 7 heteroatoms. The zero-order chi connectivity index (χ0) is 20.0. The van der Waals surface area contributed by atoms with Crippen molar-refractivity contribution in [2.24, 2.45) is 7.05 Å². The van der Waals surface area contributed by atoms with Crippen LogP contribution in [-0.4, -0.2) is 54.9 Å². The number of likely N-dealkylation sites (N-methyl/N-ethyl adjacent to an activating group) is 1. The Hall–Kier alpha value is -2.54. The van der Waals surface area contributed by atoms with E-state index in [2.05, 4.69) is 10.4 Å². The van der Waals surface area contributed by atoms with Crippen LogP contribution in [0.4, 0.5) is 5.69 Å². The Morgan fingerprint density at radius 2 is 1.93 bits per heavy atom. The molecule has 27 heavy (non-hydrogen) atoms. The van der Waals surface area contributed by atoms with E-state index in [1.807, 2.05) is 51.0 Å². The van der Waals surface area contributed by atoms with Crippen LogP contribution in [0.2, 0.25) is 0 Å². The fourth-order valence-corrected chi connectivity index (χ4v) is 3.05. The van der Waals surface area contributed by atoms with Crippen LogP contribution in [-0.2, 0) is 18.3 Å². The molecule has 1 aromatic carbocycles. The first-order valence-electron chi connectivity index (χ1n) is 9.05. The van der Waals surface area contributed by atoms with Gasteiger partial charge in [0.15, 0.2) is 11.5 Å². The first-order chi connectivity index (χ1) is 12.8. The number of carbonyl (C=O) groups is 1. The lowest BCUT2D eigenvalue weighted by Crippen LogP contribution is -2.31. The highest BCUT2D eigenvalue weighted by atomic mass is 16.5. The summed E-state index contributed by atoms with van der Waals surface area (Å²) in [6.07, 6.45) is 1.86. The second-order valence-corrected chi connectivity index (χ2v) is 6.75. The quantitative estimate of drug-likeness (QED) is 0.731. The first-order valence-corrected chi connectivity index (χ1v) is 9.05. The predicted octanol–water partition coefficient (Wildman–Crippen LogP) is 2.56. The van der Waals surface area contributed by atoms with Crippen molar-refractivity contribution in [3.8, 4) is 11.5 Å². The van der Waals surface area contributed by atoms with Gasteiger partial charge in [0.05, 0.1) is 37.8 Å². The lowest BCUT2D eigenvalue weighted by Gasteiger charge is -2.16. The Labute approximate surface area is 161 Å². The smallest absolute Gasteiger partial charge is 0.238 e. The van der Waals surface area contributed by atoms with Gasteiger partial charge >= 0.3 is 0 Å². The molecule has 2 aromatic rings. The second-order valence-electron chi connectivity index (χ2n) is 6.75. The van der Waals surface area contributed by atoms with E-state index < -0.39 is 0 Å². The molecule has 0 aliphatic heterocycles. The first kappa shape index (κ1) is 20.8. The molecule has 0 saturated heterocycles. The van der Waals surface area contributed by atoms with E-state index in [1.165, 1.54) is 5.56 Å². The highest BCUT2D eigenvalue weighted by Gasteiger charge is 2.14. The van der Waals surface area contributed by atoms with Gasteiger partial charge in [-0.25, -0.2) is 0 Å². The predicted molar refractivity (Wildman–Crippen MR) is 107 cm³/mol. The summed E-state index contributed by atoms with van der Waals surface area (Å²) in [4.78, 5) is 14.3. The number of anilines is 1. The fraction of sp³-hybridized carbons (Fsp3) is 0.500. The van der Waals surface area contributed by atoms with Crippen LogP contribution in [0, 0.1) is 13.8 Å². The molecule has 0 saturated carbocycles. The molecule has 0 aliphatic rings. The lowest BCUT2D eigenvalue weighted by molar-refractivity contribution is -0.117. The number of ether oxygens (including phenoxy) is 2. The third-order valence-electron chi connectivity index (χ3n) is 4.64. The number of methoxy groups -OCH3 is 2. The molecular weight excluding hydrogens is 344 g/mol. The van der Waals surface area contributed by atoms with Gasteiger partial charge in [-0.2, -0.15) is 5.10 Å². The number of aromatic nitrogens is 2. The molecule has 0 spiro atoms. The van der Waals surface area contributed by atoms with Crippen molar-refractivity contribution in [3.63, 3.8) is 0 Å². The highest BCUT2D eigenvalue weighted by molar-refractivity contribution is 5.93. The van der Waals surface area contributed by atoms with E-state index in [0.29, 0.717) is 6.54 Å². The molecule has 1 aromatic heterocycles. The number of hydrogen-bond acceptors (Lipinski definition) is 5. The van der Waals surface area contributed by atoms with Gasteiger partial charge < -0.3 is 14.8 Å². The summed E-state index contributed by atoms with van der Waals surface area (Å²) in [5.41, 5.74) is 3.78. The molecule has 0 atom stereocenters. The monoisotopic (exact) mass is 374 g/mol. The van der Waals surface area contributed by atoms with E-state index >= 15 is 0 Å². The van der Waals surface area contributed by atoms with Gasteiger partial charge in [-0.05, 0) is 58.0 Å². The average molecular weight is 374 g/mol. The lowest BCUT2D eigenvalue weighted by atomic mass is 10.1. The second kappa shape index (κ2) is 9.41. The number of hydrogen-bond donors (Lipinski definition) is 1. The van der Waals surface area contributed by atoms with Crippen molar-refractivity contribution in [1.82, 2.24) is 14.7 Å². The molecule has 2 rings (SSSR count). The molecule has 0 radical (unpaired) electrons. The molecule has 0 fully saturated rings. The summed E-state index contributed by atoms with van der Waals surface area (Å²) in [7, 11) is 7.10. The number of amides is 1. The molecule has 0 bridgehead atoms. The zero-order valence-electron chi connectivity index (χ0n) is 17.1. The topological polar surface area (TPSA) is 68.6 Å². The number of carbonyl (C=O) groups excluding carboxylic acids is 1. The third kappa shape index (κ3) is 5.47. The van der Waals surface area contributed by atoms with Crippen LogP contribution in [0.3, 0.4) is 0 Å². The van der Waals surface area contributed by atoms with Crippen molar-refractivity contribution in [1.29, 1.82) is 0 Å². The maximum Gasteiger partial charge on any atom is 0.238 e. The fourth-order valence-electron chi connectivity index (χ4n) is 3.05. The Bertz CT molecular complexity index is 786. The minimum Gasteiger partial charge on any atom is -0.493 e. The standard InChI is InChI=1S/C20H30N4O3/c1-14-20(15(2)24(4)22-14)21-19(25)13-23(3)11-7-8-16-9-10-17(26-5)18(12-16)27-6/h9-10,12H,7-8,11,13H2,1-6H3,(H,21,25). The maximum atomic E-state index is 12.3. The van der Waals surface area contributed by atoms with E-state index in [1.54, 1.807) is 18.9 Å². The summed E-state index contributed by atoms with van der Waals surface area (Å²) in [6.45, 7) is 5.02. The van der Waals surface area contributed by atoms with Crippen LogP contribution < -0.4 is 14.8 Å². The Morgan fingerprint density at radius 1 is 1.22 bits per heavy atom. The van der Waals surface area contributed by atoms with Gasteiger partial charge in [0.25, 0.3) is 0 Å². The number of benzene rings is 1. The minimum atomic E-state index is -0.0252. The van der Waals surface area contributed by atoms with Gasteiger partial charge in [-0.15, -0.1) is 0 Å². The van der Waals surface area contributed by atoms with Gasteiger partial charge in [-0.1, -0.05) is 6.07 Å². The Balaban J connectivity index is 1.80. The average Bonchev–Trinajstić information content (AvgIpc) is 2.87. The van der Waals surface area contributed by atoms with Crippen LogP contribution in [0.1, 0.15) is 23.4 Å². The normalized spacial score (nSPS) is 10.9. The number of nitrogens with zero attached hydrogens (tertiary/aromatic N) is 3. The van der Waals surface area contributed by atoms with Gasteiger partial charge in [0, 0.05) is 7.05 Å². The summed E-state index contributed by atoms with van der Waals surface area (Å²) in [5, 5.41) is 7.29. The number of aryl methyl sites for hydroxylation is 3. The van der Waals surface area contributed by atoms with Crippen molar-refractivity contribution >= 4 is 11.6 Å². The molecule has 0 aliphatic carbocycles. The summed E-state index contributed by atoms with van der Waals surface area (Å²) in [6, 6.07) is 5.96. The molecule has 1 amide bonds. The van der Waals surface area contributed by atoms with E-state index in [9.17, 15) is 4.79 Å². The molecule has 148 valence electrons. The van der Waals surface area contributed by atoms with Crippen LogP contribution in [0.15, 0.2) is 18.2 Å². The Kier molecular flexibility index (Phi) is 7.24. The number of rotatable bonds is 9. The third-order valence-corrected chi connectivity index (χ3v) is 4.64. The molecular formula is C20H30N4O3. The van der Waals surface area contributed by atoms with Gasteiger partial charge in [-0.3, -0.25) is 14.4 Å². The summed E-state index contributed by atoms with van der Waals surface area (Å²) >= 11 is 0. The van der Waals surface area contributed by atoms with Gasteiger partial charge in [0.2, 0.25) is 5.91 Å². The van der Waals surface area contributed by atoms with Crippen LogP contribution in [0.25, 0.3) is 0 Å². The number of nitrogens with one attached hydrogen (secondary N) is 1. The SMILES string of the molecule is COc1ccc(CCCN(C)CC(=O)Nc2c(C)nn(C)c2C)cc1OC. The molecule has 1 heterocycles. The molecule has 0 unspecified atom stereocenters. The van der Waals surface area contributed by atoms with E-state index in [-0.39, 0.29) is 5.91 Å². The van der Waals surface area contributed by atoms with Crippen molar-refractivity contribution in [2.45, 2.75) is 26.7 Å². The van der Waals surface area contributed by atoms with Crippen molar-refractivity contribution in [3.05, 3.63) is 35.2 Å². The Morgan fingerprint density at radius 3 is 2.52 bits per heavy atom. The highest BCUT2D eigenvalue weighted by Crippen LogP contribution is 2.28. The summed E-state index contributed by atoms with van der Waals surface area (Å²) in [5.74, 6) is 1.45. The van der Waals surface area contributed by atoms with Crippen molar-refractivity contribution in [2.75, 3.05) is 39.7 Å². The molecule has 1 N–H and O–H groups in total. The zero-order valence-corrected chi connectivity index (χ0v) is 17.1. The van der Waals surface area contributed by atoms with Gasteiger partial charge in [0.1, 0.15) is 0 Å². The maximum absolute atomic E-state index is 12.3. The van der Waals surface area contributed by atoms with E-state index in [0.717, 1.165) is 48.0 Å². The minimum absolute atomic E-state index is 0.0252. The largest absolute Gasteiger partial charge is 0.493 e. The van der Waals surface area contributed by atoms with E-state index in [4.69, 9.17) is 9.47 Å².